The van der Waals surface area contributed by atoms with E-state index < -0.39 is 11.7 Å². The van der Waals surface area contributed by atoms with Gasteiger partial charge < -0.3 is 9.84 Å². The maximum absolute atomic E-state index is 10.5. The first kappa shape index (κ1) is 14.9. The molecule has 0 aliphatic carbocycles. The Balaban J connectivity index is 2.22. The third-order valence-corrected chi connectivity index (χ3v) is 4.27. The van der Waals surface area contributed by atoms with Crippen molar-refractivity contribution in [3.63, 3.8) is 0 Å². The van der Waals surface area contributed by atoms with Crippen molar-refractivity contribution in [1.29, 1.82) is 0 Å². The molecule has 0 saturated carbocycles. The van der Waals surface area contributed by atoms with Crippen molar-refractivity contribution >= 4 is 10.9 Å². The first-order chi connectivity index (χ1) is 9.65. The summed E-state index contributed by atoms with van der Waals surface area (Å²) in [5.74, 6) is 0. The standard InChI is InChI=1S/C17H23NO2/c1-4-17(5-2,20-3)16(19)12-14-11-10-13-8-6-7-9-15(13)18-14/h6-11,16,19H,4-5,12H2,1-3H3. The topological polar surface area (TPSA) is 42.4 Å². The van der Waals surface area contributed by atoms with Gasteiger partial charge in [-0.05, 0) is 25.0 Å². The van der Waals surface area contributed by atoms with Crippen LogP contribution in [0.25, 0.3) is 10.9 Å². The van der Waals surface area contributed by atoms with E-state index >= 15 is 0 Å². The molecule has 0 amide bonds. The molecule has 0 saturated heterocycles. The van der Waals surface area contributed by atoms with E-state index in [1.54, 1.807) is 7.11 Å². The zero-order valence-electron chi connectivity index (χ0n) is 12.5. The third kappa shape index (κ3) is 2.84. The number of aliphatic hydroxyl groups is 1. The van der Waals surface area contributed by atoms with E-state index in [4.69, 9.17) is 4.74 Å². The van der Waals surface area contributed by atoms with Crippen molar-refractivity contribution in [1.82, 2.24) is 4.98 Å². The maximum atomic E-state index is 10.5. The number of aromatic nitrogens is 1. The summed E-state index contributed by atoms with van der Waals surface area (Å²) in [6, 6.07) is 12.1. The minimum Gasteiger partial charge on any atom is -0.390 e. The lowest BCUT2D eigenvalue weighted by Gasteiger charge is -2.35. The minimum absolute atomic E-state index is 0.479. The fourth-order valence-electron chi connectivity index (χ4n) is 2.75. The van der Waals surface area contributed by atoms with E-state index in [0.29, 0.717) is 6.42 Å². The van der Waals surface area contributed by atoms with Crippen LogP contribution in [0.15, 0.2) is 36.4 Å². The van der Waals surface area contributed by atoms with Crippen LogP contribution < -0.4 is 0 Å². The van der Waals surface area contributed by atoms with Gasteiger partial charge in [0.25, 0.3) is 0 Å². The molecule has 1 atom stereocenters. The Hall–Kier alpha value is -1.45. The molecule has 0 aliphatic rings. The molecule has 3 nitrogen and oxygen atoms in total. The molecule has 0 aliphatic heterocycles. The van der Waals surface area contributed by atoms with E-state index in [9.17, 15) is 5.11 Å². The number of pyridine rings is 1. The molecule has 1 aromatic heterocycles. The van der Waals surface area contributed by atoms with E-state index in [1.807, 2.05) is 44.2 Å². The molecular formula is C17H23NO2. The van der Waals surface area contributed by atoms with Crippen LogP contribution in [0.5, 0.6) is 0 Å². The number of nitrogens with zero attached hydrogens (tertiary/aromatic N) is 1. The van der Waals surface area contributed by atoms with Gasteiger partial charge in [0.05, 0.1) is 17.2 Å². The van der Waals surface area contributed by atoms with E-state index in [0.717, 1.165) is 29.4 Å². The van der Waals surface area contributed by atoms with Gasteiger partial charge in [0, 0.05) is 24.6 Å². The van der Waals surface area contributed by atoms with Crippen LogP contribution in [0.3, 0.4) is 0 Å². The molecule has 0 radical (unpaired) electrons. The predicted molar refractivity (Wildman–Crippen MR) is 81.8 cm³/mol. The predicted octanol–water partition coefficient (Wildman–Crippen LogP) is 3.34. The quantitative estimate of drug-likeness (QED) is 0.877. The molecule has 1 unspecified atom stereocenters. The first-order valence-corrected chi connectivity index (χ1v) is 7.23. The highest BCUT2D eigenvalue weighted by molar-refractivity contribution is 5.78. The van der Waals surface area contributed by atoms with E-state index in [1.165, 1.54) is 0 Å². The van der Waals surface area contributed by atoms with Gasteiger partial charge in [0.15, 0.2) is 0 Å². The third-order valence-electron chi connectivity index (χ3n) is 4.27. The number of hydrogen-bond donors (Lipinski definition) is 1. The largest absolute Gasteiger partial charge is 0.390 e. The van der Waals surface area contributed by atoms with Crippen LogP contribution in [-0.4, -0.2) is 28.9 Å². The summed E-state index contributed by atoms with van der Waals surface area (Å²) in [4.78, 5) is 4.62. The number of hydrogen-bond acceptors (Lipinski definition) is 3. The van der Waals surface area contributed by atoms with Crippen molar-refractivity contribution in [3.05, 3.63) is 42.1 Å². The zero-order valence-corrected chi connectivity index (χ0v) is 12.5. The summed E-state index contributed by atoms with van der Waals surface area (Å²) in [6.07, 6.45) is 1.54. The summed E-state index contributed by atoms with van der Waals surface area (Å²) in [5, 5.41) is 11.6. The second kappa shape index (κ2) is 6.33. The van der Waals surface area contributed by atoms with Gasteiger partial charge >= 0.3 is 0 Å². The van der Waals surface area contributed by atoms with Crippen molar-refractivity contribution in [3.8, 4) is 0 Å². The zero-order chi connectivity index (χ0) is 14.6. The van der Waals surface area contributed by atoms with Gasteiger partial charge in [-0.15, -0.1) is 0 Å². The molecule has 0 spiro atoms. The van der Waals surface area contributed by atoms with Gasteiger partial charge in [-0.1, -0.05) is 38.1 Å². The highest BCUT2D eigenvalue weighted by Crippen LogP contribution is 2.26. The Labute approximate surface area is 120 Å². The Kier molecular flexibility index (Phi) is 4.73. The minimum atomic E-state index is -0.545. The molecule has 1 aromatic carbocycles. The van der Waals surface area contributed by atoms with Crippen LogP contribution >= 0.6 is 0 Å². The Morgan fingerprint density at radius 2 is 1.85 bits per heavy atom. The van der Waals surface area contributed by atoms with Crippen molar-refractivity contribution < 1.29 is 9.84 Å². The van der Waals surface area contributed by atoms with Crippen molar-refractivity contribution in [2.24, 2.45) is 0 Å². The SMILES string of the molecule is CCC(CC)(OC)C(O)Cc1ccc2ccccc2n1. The Morgan fingerprint density at radius 1 is 1.15 bits per heavy atom. The number of fused-ring (bicyclic) bond motifs is 1. The summed E-state index contributed by atoms with van der Waals surface area (Å²) in [7, 11) is 1.67. The summed E-state index contributed by atoms with van der Waals surface area (Å²) in [6.45, 7) is 4.09. The highest BCUT2D eigenvalue weighted by Gasteiger charge is 2.34. The normalized spacial score (nSPS) is 13.6. The number of aliphatic hydroxyl groups excluding tert-OH is 1. The number of benzene rings is 1. The molecule has 1 heterocycles. The van der Waals surface area contributed by atoms with Crippen LogP contribution in [0.2, 0.25) is 0 Å². The van der Waals surface area contributed by atoms with Gasteiger partial charge in [-0.3, -0.25) is 4.98 Å². The second-order valence-electron chi connectivity index (χ2n) is 5.19. The number of ether oxygens (including phenoxy) is 1. The average molecular weight is 273 g/mol. The van der Waals surface area contributed by atoms with E-state index in [2.05, 4.69) is 11.1 Å². The molecular weight excluding hydrogens is 250 g/mol. The van der Waals surface area contributed by atoms with Crippen molar-refractivity contribution in [2.75, 3.05) is 7.11 Å². The monoisotopic (exact) mass is 273 g/mol. The molecule has 1 N–H and O–H groups in total. The van der Waals surface area contributed by atoms with Gasteiger partial charge in [-0.2, -0.15) is 0 Å². The lowest BCUT2D eigenvalue weighted by molar-refractivity contribution is -0.107. The number of methoxy groups -OCH3 is 1. The average Bonchev–Trinajstić information content (AvgIpc) is 2.49. The highest BCUT2D eigenvalue weighted by atomic mass is 16.5. The molecule has 108 valence electrons. The van der Waals surface area contributed by atoms with Gasteiger partial charge in [0.2, 0.25) is 0 Å². The molecule has 20 heavy (non-hydrogen) atoms. The van der Waals surface area contributed by atoms with Gasteiger partial charge in [0.1, 0.15) is 0 Å². The van der Waals surface area contributed by atoms with Crippen molar-refractivity contribution in [2.45, 2.75) is 44.8 Å². The number of para-hydroxylation sites is 1. The first-order valence-electron chi connectivity index (χ1n) is 7.23. The van der Waals surface area contributed by atoms with Crippen LogP contribution in [0.1, 0.15) is 32.4 Å². The lowest BCUT2D eigenvalue weighted by atomic mass is 9.87. The fourth-order valence-corrected chi connectivity index (χ4v) is 2.75. The smallest absolute Gasteiger partial charge is 0.0935 e. The second-order valence-corrected chi connectivity index (χ2v) is 5.19. The molecule has 0 bridgehead atoms. The maximum Gasteiger partial charge on any atom is 0.0935 e. The Bertz CT molecular complexity index is 555. The molecule has 3 heteroatoms. The fraction of sp³-hybridized carbons (Fsp3) is 0.471. The van der Waals surface area contributed by atoms with Gasteiger partial charge in [-0.25, -0.2) is 0 Å². The van der Waals surface area contributed by atoms with E-state index in [-0.39, 0.29) is 0 Å². The van der Waals surface area contributed by atoms with Crippen LogP contribution in [-0.2, 0) is 11.2 Å². The summed E-state index contributed by atoms with van der Waals surface area (Å²) in [5.41, 5.74) is 1.39. The molecule has 0 fully saturated rings. The van der Waals surface area contributed by atoms with Crippen LogP contribution in [0, 0.1) is 0 Å². The number of rotatable bonds is 6. The summed E-state index contributed by atoms with van der Waals surface area (Å²) >= 11 is 0. The summed E-state index contributed by atoms with van der Waals surface area (Å²) < 4.78 is 5.58. The lowest BCUT2D eigenvalue weighted by Crippen LogP contribution is -2.44. The Morgan fingerprint density at radius 3 is 2.50 bits per heavy atom. The molecule has 2 rings (SSSR count). The molecule has 2 aromatic rings. The van der Waals surface area contributed by atoms with Crippen LogP contribution in [0.4, 0.5) is 0 Å².